The minimum Gasteiger partial charge on any atom is -0.465 e. The molecular weight excluding hydrogens is 530 g/mol. The fraction of sp³-hybridized carbons (Fsp3) is 0.296. The van der Waals surface area contributed by atoms with Gasteiger partial charge in [-0.3, -0.25) is 0 Å². The summed E-state index contributed by atoms with van der Waals surface area (Å²) in [4.78, 5) is 25.0. The van der Waals surface area contributed by atoms with Crippen molar-refractivity contribution in [3.05, 3.63) is 76.0 Å². The van der Waals surface area contributed by atoms with E-state index < -0.39 is 53.1 Å². The third-order valence-corrected chi connectivity index (χ3v) is 5.38. The largest absolute Gasteiger partial charge is 0.465 e. The molecule has 0 N–H and O–H groups in total. The topological polar surface area (TPSA) is 81.3 Å². The van der Waals surface area contributed by atoms with E-state index in [0.29, 0.717) is 12.1 Å². The molecule has 2 aromatic carbocycles. The Morgan fingerprint density at radius 3 is 2.08 bits per heavy atom. The summed E-state index contributed by atoms with van der Waals surface area (Å²) < 4.78 is 91.6. The van der Waals surface area contributed by atoms with Crippen molar-refractivity contribution >= 4 is 28.9 Å². The Labute approximate surface area is 219 Å². The number of carbonyl (C=O) groups is 2. The number of nitrogens with zero attached hydrogens (tertiary/aromatic N) is 2. The number of benzene rings is 2. The van der Waals surface area contributed by atoms with Crippen LogP contribution in [0.3, 0.4) is 0 Å². The first kappa shape index (κ1) is 29.3. The van der Waals surface area contributed by atoms with E-state index in [-0.39, 0.29) is 33.7 Å². The zero-order valence-electron chi connectivity index (χ0n) is 21.1. The van der Waals surface area contributed by atoms with Gasteiger partial charge in [0.25, 0.3) is 0 Å². The summed E-state index contributed by atoms with van der Waals surface area (Å²) in [6, 6.07) is 7.27. The van der Waals surface area contributed by atoms with Gasteiger partial charge in [-0.1, -0.05) is 6.07 Å². The predicted molar refractivity (Wildman–Crippen MR) is 128 cm³/mol. The van der Waals surface area contributed by atoms with Gasteiger partial charge in [0.05, 0.1) is 23.8 Å². The fourth-order valence-electron chi connectivity index (χ4n) is 3.84. The third kappa shape index (κ3) is 6.79. The lowest BCUT2D eigenvalue weighted by atomic mass is 10.0. The first-order valence-corrected chi connectivity index (χ1v) is 11.3. The summed E-state index contributed by atoms with van der Waals surface area (Å²) in [7, 11) is 1.12. The zero-order chi connectivity index (χ0) is 29.3. The maximum Gasteiger partial charge on any atom is 0.416 e. The Kier molecular flexibility index (Phi) is 7.87. The van der Waals surface area contributed by atoms with E-state index in [9.17, 15) is 41.2 Å². The van der Waals surface area contributed by atoms with Gasteiger partial charge < -0.3 is 14.0 Å². The molecule has 12 heteroatoms. The molecule has 0 saturated heterocycles. The highest BCUT2D eigenvalue weighted by Gasteiger charge is 2.37. The lowest BCUT2D eigenvalue weighted by Crippen LogP contribution is -2.24. The first-order chi connectivity index (χ1) is 17.9. The Morgan fingerprint density at radius 1 is 1.00 bits per heavy atom. The van der Waals surface area contributed by atoms with Gasteiger partial charge >= 0.3 is 24.3 Å². The van der Waals surface area contributed by atoms with Crippen LogP contribution in [0.5, 0.6) is 0 Å². The summed E-state index contributed by atoms with van der Waals surface area (Å²) in [5, 5.41) is 9.75. The summed E-state index contributed by atoms with van der Waals surface area (Å²) in [6.07, 6.45) is -7.62. The Balaban J connectivity index is 2.25. The lowest BCUT2D eigenvalue weighted by Gasteiger charge is -2.18. The van der Waals surface area contributed by atoms with Crippen molar-refractivity contribution in [3.8, 4) is 6.07 Å². The predicted octanol–water partition coefficient (Wildman–Crippen LogP) is 6.76. The number of hydrogen-bond donors (Lipinski definition) is 0. The molecule has 1 heterocycles. The van der Waals surface area contributed by atoms with Crippen molar-refractivity contribution in [3.63, 3.8) is 0 Å². The van der Waals surface area contributed by atoms with Crippen LogP contribution < -0.4 is 0 Å². The Morgan fingerprint density at radius 2 is 1.59 bits per heavy atom. The minimum absolute atomic E-state index is 0.00139. The molecule has 3 aromatic rings. The highest BCUT2D eigenvalue weighted by Crippen LogP contribution is 2.37. The Bertz CT molecular complexity index is 1470. The van der Waals surface area contributed by atoms with Crippen molar-refractivity contribution < 1.29 is 45.4 Å². The molecule has 0 fully saturated rings. The second-order valence-electron chi connectivity index (χ2n) is 9.49. The quantitative estimate of drug-likeness (QED) is 0.151. The molecule has 39 heavy (non-hydrogen) atoms. The second kappa shape index (κ2) is 10.5. The monoisotopic (exact) mass is 552 g/mol. The highest BCUT2D eigenvalue weighted by molar-refractivity contribution is 6.09. The van der Waals surface area contributed by atoms with E-state index >= 15 is 0 Å². The van der Waals surface area contributed by atoms with E-state index in [2.05, 4.69) is 0 Å². The number of carbonyl (C=O) groups excluding carboxylic acids is 2. The van der Waals surface area contributed by atoms with Crippen molar-refractivity contribution in [2.45, 2.75) is 45.3 Å². The van der Waals surface area contributed by atoms with Crippen LogP contribution in [0.4, 0.5) is 26.3 Å². The van der Waals surface area contributed by atoms with Crippen molar-refractivity contribution in [2.24, 2.45) is 0 Å². The molecule has 206 valence electrons. The molecule has 0 amide bonds. The molecule has 0 unspecified atom stereocenters. The number of aromatic nitrogens is 1. The first-order valence-electron chi connectivity index (χ1n) is 11.3. The van der Waals surface area contributed by atoms with Gasteiger partial charge in [0, 0.05) is 29.2 Å². The van der Waals surface area contributed by atoms with Gasteiger partial charge in [0.2, 0.25) is 0 Å². The van der Waals surface area contributed by atoms with Gasteiger partial charge in [-0.05, 0) is 62.7 Å². The average Bonchev–Trinajstić information content (AvgIpc) is 3.16. The van der Waals surface area contributed by atoms with Crippen LogP contribution in [-0.2, 0) is 33.2 Å². The molecule has 0 aliphatic carbocycles. The molecule has 0 atom stereocenters. The number of rotatable bonds is 5. The summed E-state index contributed by atoms with van der Waals surface area (Å²) in [6.45, 7) is 4.30. The van der Waals surface area contributed by atoms with E-state index in [1.54, 1.807) is 26.8 Å². The van der Waals surface area contributed by atoms with Crippen molar-refractivity contribution in [1.29, 1.82) is 5.26 Å². The second-order valence-corrected chi connectivity index (χ2v) is 9.49. The minimum atomic E-state index is -5.03. The standard InChI is InChI=1S/C27H22F6N2O4/c1-25(2,3)39-23(36)16(12-34)10-17-14-35(21-7-5-6-20(22(17)21)24(37)38-4)13-15-8-18(26(28,29)30)11-19(9-15)27(31,32)33/h5-11,14H,13H2,1-4H3. The molecule has 0 aliphatic heterocycles. The van der Waals surface area contributed by atoms with Crippen LogP contribution >= 0.6 is 0 Å². The molecule has 0 bridgehead atoms. The molecule has 3 rings (SSSR count). The van der Waals surface area contributed by atoms with Crippen LogP contribution in [0.25, 0.3) is 17.0 Å². The molecule has 1 aromatic heterocycles. The van der Waals surface area contributed by atoms with Gasteiger partial charge in [0.1, 0.15) is 17.2 Å². The highest BCUT2D eigenvalue weighted by atomic mass is 19.4. The Hall–Kier alpha value is -4.27. The number of ether oxygens (including phenoxy) is 2. The summed E-state index contributed by atoms with van der Waals surface area (Å²) >= 11 is 0. The van der Waals surface area contributed by atoms with Crippen LogP contribution in [0.2, 0.25) is 0 Å². The molecule has 0 saturated carbocycles. The van der Waals surface area contributed by atoms with Gasteiger partial charge in [-0.15, -0.1) is 0 Å². The third-order valence-electron chi connectivity index (χ3n) is 5.38. The van der Waals surface area contributed by atoms with Crippen LogP contribution in [0.1, 0.15) is 53.4 Å². The molecule has 0 radical (unpaired) electrons. The van der Waals surface area contributed by atoms with Crippen molar-refractivity contribution in [2.75, 3.05) is 7.11 Å². The average molecular weight is 552 g/mol. The maximum atomic E-state index is 13.4. The number of hydrogen-bond acceptors (Lipinski definition) is 5. The van der Waals surface area contributed by atoms with E-state index in [4.69, 9.17) is 9.47 Å². The van der Waals surface area contributed by atoms with E-state index in [1.807, 2.05) is 0 Å². The molecule has 0 spiro atoms. The number of alkyl halides is 6. The molecule has 6 nitrogen and oxygen atoms in total. The summed E-state index contributed by atoms with van der Waals surface area (Å²) in [5.74, 6) is -1.75. The molecule has 0 aliphatic rings. The fourth-order valence-corrected chi connectivity index (χ4v) is 3.84. The molecular formula is C27H22F6N2O4. The lowest BCUT2D eigenvalue weighted by molar-refractivity contribution is -0.149. The van der Waals surface area contributed by atoms with Gasteiger partial charge in [-0.2, -0.15) is 31.6 Å². The smallest absolute Gasteiger partial charge is 0.416 e. The van der Waals surface area contributed by atoms with E-state index in [0.717, 1.165) is 13.2 Å². The maximum absolute atomic E-state index is 13.4. The normalized spacial score (nSPS) is 12.8. The van der Waals surface area contributed by atoms with Crippen LogP contribution in [0, 0.1) is 11.3 Å². The van der Waals surface area contributed by atoms with Crippen LogP contribution in [0.15, 0.2) is 48.2 Å². The number of fused-ring (bicyclic) bond motifs is 1. The van der Waals surface area contributed by atoms with Gasteiger partial charge in [0.15, 0.2) is 0 Å². The number of esters is 2. The number of methoxy groups -OCH3 is 1. The van der Waals surface area contributed by atoms with Gasteiger partial charge in [-0.25, -0.2) is 9.59 Å². The number of halogens is 6. The van der Waals surface area contributed by atoms with Crippen molar-refractivity contribution in [1.82, 2.24) is 4.57 Å². The van der Waals surface area contributed by atoms with Crippen LogP contribution in [-0.4, -0.2) is 29.2 Å². The summed E-state index contributed by atoms with van der Waals surface area (Å²) in [5.41, 5.74) is -4.29. The number of nitriles is 1. The SMILES string of the molecule is COC(=O)c1cccc2c1c(C=C(C#N)C(=O)OC(C)(C)C)cn2Cc1cc(C(F)(F)F)cc(C(F)(F)F)c1. The zero-order valence-corrected chi connectivity index (χ0v) is 21.1. The van der Waals surface area contributed by atoms with E-state index in [1.165, 1.54) is 29.0 Å².